The SMILES string of the molecule is CC1CC1C(Cl)Cc1cccc(Cl)c1. The van der Waals surface area contributed by atoms with E-state index >= 15 is 0 Å². The van der Waals surface area contributed by atoms with Crippen molar-refractivity contribution in [2.24, 2.45) is 11.8 Å². The lowest BCUT2D eigenvalue weighted by Crippen LogP contribution is -2.06. The predicted molar refractivity (Wildman–Crippen MR) is 62.1 cm³/mol. The zero-order chi connectivity index (χ0) is 10.1. The van der Waals surface area contributed by atoms with Crippen LogP contribution >= 0.6 is 23.2 Å². The Morgan fingerprint density at radius 1 is 1.50 bits per heavy atom. The molecule has 14 heavy (non-hydrogen) atoms. The highest BCUT2D eigenvalue weighted by Gasteiger charge is 2.38. The molecule has 3 unspecified atom stereocenters. The lowest BCUT2D eigenvalue weighted by Gasteiger charge is -2.08. The average molecular weight is 229 g/mol. The highest BCUT2D eigenvalue weighted by Crippen LogP contribution is 2.43. The molecule has 0 aliphatic heterocycles. The van der Waals surface area contributed by atoms with E-state index in [1.165, 1.54) is 12.0 Å². The zero-order valence-electron chi connectivity index (χ0n) is 8.21. The minimum Gasteiger partial charge on any atom is -0.122 e. The van der Waals surface area contributed by atoms with Crippen molar-refractivity contribution in [2.75, 3.05) is 0 Å². The Hall–Kier alpha value is -0.200. The zero-order valence-corrected chi connectivity index (χ0v) is 9.72. The lowest BCUT2D eigenvalue weighted by atomic mass is 10.1. The van der Waals surface area contributed by atoms with Gasteiger partial charge >= 0.3 is 0 Å². The Kier molecular flexibility index (Phi) is 3.04. The van der Waals surface area contributed by atoms with E-state index in [0.717, 1.165) is 23.3 Å². The Morgan fingerprint density at radius 2 is 2.21 bits per heavy atom. The Balaban J connectivity index is 1.96. The van der Waals surface area contributed by atoms with E-state index < -0.39 is 0 Å². The summed E-state index contributed by atoms with van der Waals surface area (Å²) in [7, 11) is 0. The van der Waals surface area contributed by atoms with E-state index in [1.54, 1.807) is 0 Å². The summed E-state index contributed by atoms with van der Waals surface area (Å²) in [5.74, 6) is 1.53. The molecule has 0 spiro atoms. The van der Waals surface area contributed by atoms with Crippen LogP contribution in [0, 0.1) is 11.8 Å². The highest BCUT2D eigenvalue weighted by molar-refractivity contribution is 6.30. The molecule has 0 nitrogen and oxygen atoms in total. The van der Waals surface area contributed by atoms with Crippen LogP contribution in [0.3, 0.4) is 0 Å². The van der Waals surface area contributed by atoms with E-state index in [4.69, 9.17) is 23.2 Å². The van der Waals surface area contributed by atoms with Crippen molar-refractivity contribution >= 4 is 23.2 Å². The average Bonchev–Trinajstić information content (AvgIpc) is 2.82. The van der Waals surface area contributed by atoms with Gasteiger partial charge in [-0.1, -0.05) is 30.7 Å². The van der Waals surface area contributed by atoms with Crippen molar-refractivity contribution < 1.29 is 0 Å². The number of alkyl halides is 1. The quantitative estimate of drug-likeness (QED) is 0.683. The van der Waals surface area contributed by atoms with Gasteiger partial charge in [-0.2, -0.15) is 0 Å². The van der Waals surface area contributed by atoms with Crippen LogP contribution in [0.5, 0.6) is 0 Å². The molecule has 0 aromatic heterocycles. The highest BCUT2D eigenvalue weighted by atomic mass is 35.5. The van der Waals surface area contributed by atoms with Gasteiger partial charge in [0.2, 0.25) is 0 Å². The monoisotopic (exact) mass is 228 g/mol. The molecule has 76 valence electrons. The van der Waals surface area contributed by atoms with Gasteiger partial charge in [0, 0.05) is 10.4 Å². The number of hydrogen-bond acceptors (Lipinski definition) is 0. The van der Waals surface area contributed by atoms with Gasteiger partial charge in [0.25, 0.3) is 0 Å². The Morgan fingerprint density at radius 3 is 2.79 bits per heavy atom. The Bertz CT molecular complexity index is 322. The van der Waals surface area contributed by atoms with Crippen molar-refractivity contribution in [1.82, 2.24) is 0 Å². The Labute approximate surface area is 95.2 Å². The maximum atomic E-state index is 6.32. The molecule has 1 aromatic rings. The largest absolute Gasteiger partial charge is 0.122 e. The topological polar surface area (TPSA) is 0 Å². The van der Waals surface area contributed by atoms with Gasteiger partial charge < -0.3 is 0 Å². The summed E-state index contributed by atoms with van der Waals surface area (Å²) < 4.78 is 0. The van der Waals surface area contributed by atoms with Crippen LogP contribution in [-0.2, 0) is 6.42 Å². The first-order valence-corrected chi connectivity index (χ1v) is 5.87. The van der Waals surface area contributed by atoms with Crippen molar-refractivity contribution in [1.29, 1.82) is 0 Å². The van der Waals surface area contributed by atoms with Gasteiger partial charge in [-0.15, -0.1) is 11.6 Å². The van der Waals surface area contributed by atoms with Crippen molar-refractivity contribution in [3.63, 3.8) is 0 Å². The van der Waals surface area contributed by atoms with Crippen molar-refractivity contribution in [3.05, 3.63) is 34.9 Å². The van der Waals surface area contributed by atoms with Crippen LogP contribution in [0.2, 0.25) is 5.02 Å². The molecule has 2 heteroatoms. The fraction of sp³-hybridized carbons (Fsp3) is 0.500. The molecule has 1 fully saturated rings. The van der Waals surface area contributed by atoms with Crippen LogP contribution in [0.15, 0.2) is 24.3 Å². The molecule has 1 aromatic carbocycles. The van der Waals surface area contributed by atoms with Gasteiger partial charge in [-0.25, -0.2) is 0 Å². The molecular weight excluding hydrogens is 215 g/mol. The standard InChI is InChI=1S/C12H14Cl2/c1-8-5-11(8)12(14)7-9-3-2-4-10(13)6-9/h2-4,6,8,11-12H,5,7H2,1H3. The molecule has 1 aliphatic rings. The second-order valence-corrected chi connectivity index (χ2v) is 5.22. The fourth-order valence-corrected chi connectivity index (χ4v) is 2.64. The molecule has 0 N–H and O–H groups in total. The first kappa shape index (κ1) is 10.3. The first-order chi connectivity index (χ1) is 6.66. The van der Waals surface area contributed by atoms with Gasteiger partial charge in [0.1, 0.15) is 0 Å². The van der Waals surface area contributed by atoms with Gasteiger partial charge in [-0.05, 0) is 42.4 Å². The molecule has 0 saturated heterocycles. The minimum absolute atomic E-state index is 0.281. The summed E-state index contributed by atoms with van der Waals surface area (Å²) in [6.07, 6.45) is 2.23. The maximum absolute atomic E-state index is 6.32. The third-order valence-corrected chi connectivity index (χ3v) is 3.67. The predicted octanol–water partition coefficient (Wildman–Crippen LogP) is 4.15. The molecule has 0 amide bonds. The molecule has 3 atom stereocenters. The first-order valence-electron chi connectivity index (χ1n) is 5.05. The molecular formula is C12H14Cl2. The number of hydrogen-bond donors (Lipinski definition) is 0. The second-order valence-electron chi connectivity index (χ2n) is 4.23. The van der Waals surface area contributed by atoms with Gasteiger partial charge in [0.15, 0.2) is 0 Å². The van der Waals surface area contributed by atoms with Crippen molar-refractivity contribution in [3.8, 4) is 0 Å². The molecule has 2 rings (SSSR count). The summed E-state index contributed by atoms with van der Waals surface area (Å²) in [6.45, 7) is 2.26. The van der Waals surface area contributed by atoms with Gasteiger partial charge in [0.05, 0.1) is 0 Å². The van der Waals surface area contributed by atoms with Crippen LogP contribution in [-0.4, -0.2) is 5.38 Å². The summed E-state index contributed by atoms with van der Waals surface area (Å²) in [6, 6.07) is 7.98. The van der Waals surface area contributed by atoms with Crippen LogP contribution < -0.4 is 0 Å². The van der Waals surface area contributed by atoms with Gasteiger partial charge in [-0.3, -0.25) is 0 Å². The van der Waals surface area contributed by atoms with Crippen LogP contribution in [0.25, 0.3) is 0 Å². The number of halogens is 2. The summed E-state index contributed by atoms with van der Waals surface area (Å²) >= 11 is 12.2. The lowest BCUT2D eigenvalue weighted by molar-refractivity contribution is 0.683. The molecule has 0 bridgehead atoms. The molecule has 0 heterocycles. The number of rotatable bonds is 3. The minimum atomic E-state index is 0.281. The smallest absolute Gasteiger partial charge is 0.0408 e. The summed E-state index contributed by atoms with van der Waals surface area (Å²) in [5.41, 5.74) is 1.25. The molecule has 1 saturated carbocycles. The van der Waals surface area contributed by atoms with E-state index in [1.807, 2.05) is 18.2 Å². The van der Waals surface area contributed by atoms with Crippen LogP contribution in [0.1, 0.15) is 18.9 Å². The molecule has 1 aliphatic carbocycles. The maximum Gasteiger partial charge on any atom is 0.0408 e. The van der Waals surface area contributed by atoms with E-state index in [-0.39, 0.29) is 5.38 Å². The van der Waals surface area contributed by atoms with E-state index in [2.05, 4.69) is 13.0 Å². The normalized spacial score (nSPS) is 27.4. The van der Waals surface area contributed by atoms with Crippen LogP contribution in [0.4, 0.5) is 0 Å². The second kappa shape index (κ2) is 4.12. The van der Waals surface area contributed by atoms with Crippen molar-refractivity contribution in [2.45, 2.75) is 25.1 Å². The fourth-order valence-electron chi connectivity index (χ4n) is 1.90. The summed E-state index contributed by atoms with van der Waals surface area (Å²) in [5, 5.41) is 1.08. The summed E-state index contributed by atoms with van der Waals surface area (Å²) in [4.78, 5) is 0. The third kappa shape index (κ3) is 2.43. The third-order valence-electron chi connectivity index (χ3n) is 2.96. The van der Waals surface area contributed by atoms with E-state index in [9.17, 15) is 0 Å². The number of benzene rings is 1. The molecule has 0 radical (unpaired) electrons. The van der Waals surface area contributed by atoms with E-state index in [0.29, 0.717) is 0 Å².